The lowest BCUT2D eigenvalue weighted by Gasteiger charge is -2.34. The van der Waals surface area contributed by atoms with E-state index in [-0.39, 0.29) is 0 Å². The minimum Gasteiger partial charge on any atom is -0.384 e. The smallest absolute Gasteiger partial charge is 0.107 e. The first-order valence-electron chi connectivity index (χ1n) is 8.50. The monoisotopic (exact) mass is 332 g/mol. The molecular weight excluding hydrogens is 312 g/mol. The van der Waals surface area contributed by atoms with Crippen LogP contribution in [0.5, 0.6) is 0 Å². The summed E-state index contributed by atoms with van der Waals surface area (Å²) in [7, 11) is 2.13. The van der Waals surface area contributed by atoms with E-state index in [0.717, 1.165) is 54.3 Å². The van der Waals surface area contributed by atoms with Gasteiger partial charge in [0.15, 0.2) is 0 Å². The molecule has 0 saturated carbocycles. The molecule has 1 aromatic carbocycles. The van der Waals surface area contributed by atoms with Gasteiger partial charge in [-0.15, -0.1) is 0 Å². The Hall–Kier alpha value is -2.68. The number of likely N-dealkylation sites (N-methyl/N-ethyl adjacent to an activating group) is 1. The van der Waals surface area contributed by atoms with Gasteiger partial charge in [-0.1, -0.05) is 18.2 Å². The fourth-order valence-corrected chi connectivity index (χ4v) is 3.51. The van der Waals surface area contributed by atoms with Gasteiger partial charge in [0.2, 0.25) is 0 Å². The fourth-order valence-electron chi connectivity index (χ4n) is 3.51. The van der Waals surface area contributed by atoms with Crippen molar-refractivity contribution in [3.63, 3.8) is 0 Å². The van der Waals surface area contributed by atoms with Crippen molar-refractivity contribution in [1.29, 1.82) is 5.26 Å². The zero-order valence-corrected chi connectivity index (χ0v) is 14.2. The van der Waals surface area contributed by atoms with Gasteiger partial charge >= 0.3 is 0 Å². The minimum absolute atomic E-state index is 0.569. The van der Waals surface area contributed by atoms with Gasteiger partial charge in [0.05, 0.1) is 29.2 Å². The summed E-state index contributed by atoms with van der Waals surface area (Å²) >= 11 is 0. The Kier molecular flexibility index (Phi) is 4.00. The zero-order chi connectivity index (χ0) is 17.4. The molecule has 25 heavy (non-hydrogen) atoms. The molecule has 1 aliphatic carbocycles. The van der Waals surface area contributed by atoms with E-state index in [1.165, 1.54) is 0 Å². The van der Waals surface area contributed by atoms with E-state index >= 15 is 0 Å². The Bertz CT molecular complexity index is 876. The van der Waals surface area contributed by atoms with E-state index in [1.807, 2.05) is 36.5 Å². The van der Waals surface area contributed by atoms with Crippen molar-refractivity contribution in [3.8, 4) is 6.07 Å². The third kappa shape index (κ3) is 2.80. The van der Waals surface area contributed by atoms with Crippen molar-refractivity contribution in [2.75, 3.05) is 38.1 Å². The number of fused-ring (bicyclic) bond motifs is 2. The molecule has 0 amide bonds. The molecule has 1 fully saturated rings. The van der Waals surface area contributed by atoms with Crippen LogP contribution < -0.4 is 4.90 Å². The SMILES string of the molecule is CN1CCN(c2cnc3c(c2)C(O)c2cccc(C#N)c2C=C3)CC1. The van der Waals surface area contributed by atoms with E-state index < -0.39 is 6.10 Å². The van der Waals surface area contributed by atoms with Crippen molar-refractivity contribution in [3.05, 3.63) is 58.4 Å². The number of aliphatic hydroxyl groups is 1. The number of rotatable bonds is 1. The number of nitriles is 1. The van der Waals surface area contributed by atoms with Gasteiger partial charge in [-0.05, 0) is 36.4 Å². The van der Waals surface area contributed by atoms with E-state index in [2.05, 4.69) is 27.9 Å². The number of anilines is 1. The van der Waals surface area contributed by atoms with Crippen LogP contribution in [0.25, 0.3) is 12.2 Å². The van der Waals surface area contributed by atoms with Crippen LogP contribution in [0.4, 0.5) is 5.69 Å². The first-order valence-corrected chi connectivity index (χ1v) is 8.50. The molecule has 1 N–H and O–H groups in total. The molecule has 1 aromatic heterocycles. The van der Waals surface area contributed by atoms with E-state index in [0.29, 0.717) is 5.56 Å². The lowest BCUT2D eigenvalue weighted by molar-refractivity contribution is 0.219. The first-order chi connectivity index (χ1) is 12.2. The highest BCUT2D eigenvalue weighted by atomic mass is 16.3. The third-order valence-corrected chi connectivity index (χ3v) is 5.06. The number of pyridine rings is 1. The Morgan fingerprint density at radius 1 is 1.16 bits per heavy atom. The van der Waals surface area contributed by atoms with Gasteiger partial charge in [0.25, 0.3) is 0 Å². The van der Waals surface area contributed by atoms with Crippen LogP contribution in [0.2, 0.25) is 0 Å². The second-order valence-corrected chi connectivity index (χ2v) is 6.61. The Balaban J connectivity index is 1.75. The second-order valence-electron chi connectivity index (χ2n) is 6.61. The number of benzene rings is 1. The average Bonchev–Trinajstić information content (AvgIpc) is 2.79. The van der Waals surface area contributed by atoms with Crippen LogP contribution in [-0.2, 0) is 0 Å². The molecule has 1 aliphatic heterocycles. The van der Waals surface area contributed by atoms with Gasteiger partial charge in [-0.25, -0.2) is 0 Å². The van der Waals surface area contributed by atoms with Crippen molar-refractivity contribution in [2.45, 2.75) is 6.10 Å². The fraction of sp³-hybridized carbons (Fsp3) is 0.300. The highest BCUT2D eigenvalue weighted by molar-refractivity contribution is 5.78. The molecule has 0 radical (unpaired) electrons. The van der Waals surface area contributed by atoms with Crippen LogP contribution in [0.15, 0.2) is 30.5 Å². The standard InChI is InChI=1S/C20H20N4O/c1-23-7-9-24(10-8-23)15-11-18-19(22-13-15)6-5-16-14(12-21)3-2-4-17(16)20(18)25/h2-6,11,13,20,25H,7-10H2,1H3. The average molecular weight is 332 g/mol. The molecule has 1 unspecified atom stereocenters. The highest BCUT2D eigenvalue weighted by Gasteiger charge is 2.23. The number of hydrogen-bond acceptors (Lipinski definition) is 5. The van der Waals surface area contributed by atoms with Gasteiger partial charge in [-0.2, -0.15) is 5.26 Å². The third-order valence-electron chi connectivity index (χ3n) is 5.06. The molecule has 4 rings (SSSR count). The van der Waals surface area contributed by atoms with Gasteiger partial charge in [0, 0.05) is 31.7 Å². The summed E-state index contributed by atoms with van der Waals surface area (Å²) in [5, 5.41) is 20.3. The summed E-state index contributed by atoms with van der Waals surface area (Å²) in [5.74, 6) is 0. The summed E-state index contributed by atoms with van der Waals surface area (Å²) in [6, 6.07) is 9.71. The highest BCUT2D eigenvalue weighted by Crippen LogP contribution is 2.35. The molecule has 1 saturated heterocycles. The van der Waals surface area contributed by atoms with Crippen LogP contribution in [0.3, 0.4) is 0 Å². The molecule has 5 nitrogen and oxygen atoms in total. The van der Waals surface area contributed by atoms with Crippen LogP contribution in [0.1, 0.15) is 34.1 Å². The molecule has 5 heteroatoms. The molecule has 2 aromatic rings. The van der Waals surface area contributed by atoms with E-state index in [1.54, 1.807) is 6.07 Å². The minimum atomic E-state index is -0.784. The Morgan fingerprint density at radius 3 is 2.72 bits per heavy atom. The lowest BCUT2D eigenvalue weighted by Crippen LogP contribution is -2.44. The largest absolute Gasteiger partial charge is 0.384 e. The zero-order valence-electron chi connectivity index (χ0n) is 14.2. The normalized spacial score (nSPS) is 19.7. The first kappa shape index (κ1) is 15.8. The molecule has 0 spiro atoms. The Morgan fingerprint density at radius 2 is 1.96 bits per heavy atom. The summed E-state index contributed by atoms with van der Waals surface area (Å²) < 4.78 is 0. The van der Waals surface area contributed by atoms with Crippen molar-refractivity contribution in [1.82, 2.24) is 9.88 Å². The van der Waals surface area contributed by atoms with Crippen LogP contribution in [-0.4, -0.2) is 48.2 Å². The van der Waals surface area contributed by atoms with E-state index in [4.69, 9.17) is 0 Å². The van der Waals surface area contributed by atoms with Crippen LogP contribution in [0, 0.1) is 11.3 Å². The number of piperazine rings is 1. The molecule has 1 atom stereocenters. The summed E-state index contributed by atoms with van der Waals surface area (Å²) in [5.41, 5.74) is 4.69. The predicted octanol–water partition coefficient (Wildman–Crippen LogP) is 2.27. The van der Waals surface area contributed by atoms with Gasteiger partial charge in [-0.3, -0.25) is 4.98 Å². The number of aliphatic hydroxyl groups excluding tert-OH is 1. The molecule has 2 heterocycles. The number of nitrogens with zero attached hydrogens (tertiary/aromatic N) is 4. The van der Waals surface area contributed by atoms with Gasteiger partial charge in [0.1, 0.15) is 6.10 Å². The molecule has 2 aliphatic rings. The predicted molar refractivity (Wildman–Crippen MR) is 98.1 cm³/mol. The molecule has 126 valence electrons. The summed E-state index contributed by atoms with van der Waals surface area (Å²) in [6.07, 6.45) is 4.86. The maximum absolute atomic E-state index is 11.0. The molecule has 0 bridgehead atoms. The lowest BCUT2D eigenvalue weighted by atomic mass is 9.95. The van der Waals surface area contributed by atoms with Crippen LogP contribution >= 0.6 is 0 Å². The second kappa shape index (κ2) is 6.32. The van der Waals surface area contributed by atoms with Crippen molar-refractivity contribution >= 4 is 17.8 Å². The van der Waals surface area contributed by atoms with Gasteiger partial charge < -0.3 is 14.9 Å². The maximum atomic E-state index is 11.0. The van der Waals surface area contributed by atoms with Crippen molar-refractivity contribution < 1.29 is 5.11 Å². The molecular formula is C20H20N4O. The topological polar surface area (TPSA) is 63.4 Å². The quantitative estimate of drug-likeness (QED) is 0.868. The summed E-state index contributed by atoms with van der Waals surface area (Å²) in [4.78, 5) is 9.19. The Labute approximate surface area is 147 Å². The van der Waals surface area contributed by atoms with E-state index in [9.17, 15) is 10.4 Å². The number of hydrogen-bond donors (Lipinski definition) is 1. The maximum Gasteiger partial charge on any atom is 0.107 e. The van der Waals surface area contributed by atoms with Crippen molar-refractivity contribution in [2.24, 2.45) is 0 Å². The number of aromatic nitrogens is 1. The summed E-state index contributed by atoms with van der Waals surface area (Å²) in [6.45, 7) is 3.96.